The quantitative estimate of drug-likeness (QED) is 0.249. The predicted octanol–water partition coefficient (Wildman–Crippen LogP) is 2.52. The molecule has 0 aromatic carbocycles. The number of azide groups is 1. The number of carbonyl (C=O) groups excluding carboxylic acids is 2. The second-order valence-electron chi connectivity index (χ2n) is 4.11. The Bertz CT molecular complexity index is 340. The summed E-state index contributed by atoms with van der Waals surface area (Å²) < 4.78 is 4.88. The van der Waals surface area contributed by atoms with Crippen LogP contribution < -0.4 is 0 Å². The molecule has 0 aliphatic heterocycles. The van der Waals surface area contributed by atoms with E-state index >= 15 is 0 Å². The lowest BCUT2D eigenvalue weighted by Crippen LogP contribution is -2.46. The molecule has 1 aliphatic carbocycles. The zero-order valence-corrected chi connectivity index (χ0v) is 10.0. The number of nitrogens with zero attached hydrogens (tertiary/aromatic N) is 3. The van der Waals surface area contributed by atoms with Crippen LogP contribution in [0.25, 0.3) is 10.4 Å². The normalized spacial score (nSPS) is 25.4. The van der Waals surface area contributed by atoms with Crippen molar-refractivity contribution in [1.82, 2.24) is 0 Å². The van der Waals surface area contributed by atoms with Crippen LogP contribution in [0.5, 0.6) is 0 Å². The summed E-state index contributed by atoms with van der Waals surface area (Å²) in [6.45, 7) is 1.84. The summed E-state index contributed by atoms with van der Waals surface area (Å²) in [5.41, 5.74) is 6.96. The second-order valence-corrected chi connectivity index (χ2v) is 4.11. The van der Waals surface area contributed by atoms with E-state index in [1.807, 2.05) is 0 Å². The topological polar surface area (TPSA) is 92.1 Å². The smallest absolute Gasteiger partial charge is 0.325 e. The highest BCUT2D eigenvalue weighted by atomic mass is 16.5. The Morgan fingerprint density at radius 1 is 1.47 bits per heavy atom. The molecular weight excluding hydrogens is 222 g/mol. The molecule has 6 nitrogen and oxygen atoms in total. The molecule has 17 heavy (non-hydrogen) atoms. The van der Waals surface area contributed by atoms with Gasteiger partial charge in [0.2, 0.25) is 5.54 Å². The van der Waals surface area contributed by atoms with Gasteiger partial charge in [0.05, 0.1) is 6.61 Å². The first-order chi connectivity index (χ1) is 8.17. The van der Waals surface area contributed by atoms with Crippen molar-refractivity contribution >= 4 is 11.8 Å². The number of ether oxygens (including phenoxy) is 1. The predicted molar refractivity (Wildman–Crippen MR) is 61.2 cm³/mol. The van der Waals surface area contributed by atoms with Crippen LogP contribution >= 0.6 is 0 Å². The van der Waals surface area contributed by atoms with Gasteiger partial charge in [0.25, 0.3) is 0 Å². The van der Waals surface area contributed by atoms with Crippen molar-refractivity contribution in [2.24, 2.45) is 5.11 Å². The van der Waals surface area contributed by atoms with Gasteiger partial charge in [-0.1, -0.05) is 24.4 Å². The summed E-state index contributed by atoms with van der Waals surface area (Å²) in [7, 11) is 0. The number of hydrogen-bond acceptors (Lipinski definition) is 4. The van der Waals surface area contributed by atoms with Crippen LogP contribution in [0.15, 0.2) is 5.11 Å². The van der Waals surface area contributed by atoms with Gasteiger partial charge in [-0.25, -0.2) is 0 Å². The third-order valence-corrected chi connectivity index (χ3v) is 2.98. The van der Waals surface area contributed by atoms with E-state index in [0.29, 0.717) is 6.42 Å². The fraction of sp³-hybridized carbons (Fsp3) is 0.818. The summed E-state index contributed by atoms with van der Waals surface area (Å²) in [6, 6.07) is 0. The minimum Gasteiger partial charge on any atom is -0.465 e. The van der Waals surface area contributed by atoms with Crippen molar-refractivity contribution < 1.29 is 14.3 Å². The number of rotatable bonds is 3. The summed E-state index contributed by atoms with van der Waals surface area (Å²) in [4.78, 5) is 26.6. The van der Waals surface area contributed by atoms with Crippen LogP contribution in [0.1, 0.15) is 45.4 Å². The molecule has 1 fully saturated rings. The Kier molecular flexibility index (Phi) is 4.97. The molecule has 1 unspecified atom stereocenters. The average Bonchev–Trinajstić information content (AvgIpc) is 2.29. The summed E-state index contributed by atoms with van der Waals surface area (Å²) in [5, 5.41) is 3.47. The molecular formula is C11H17N3O3. The Labute approximate surface area is 100.0 Å². The SMILES string of the molecule is CCOC(=O)C1(N=[N+]=[N-])CCCCCCC1=O. The highest BCUT2D eigenvalue weighted by Gasteiger charge is 2.45. The van der Waals surface area contributed by atoms with Crippen LogP contribution in [-0.4, -0.2) is 23.9 Å². The van der Waals surface area contributed by atoms with Crippen molar-refractivity contribution in [2.75, 3.05) is 6.61 Å². The van der Waals surface area contributed by atoms with Crippen LogP contribution in [-0.2, 0) is 14.3 Å². The zero-order valence-electron chi connectivity index (χ0n) is 10.0. The largest absolute Gasteiger partial charge is 0.465 e. The molecule has 94 valence electrons. The van der Waals surface area contributed by atoms with Gasteiger partial charge >= 0.3 is 5.97 Å². The van der Waals surface area contributed by atoms with E-state index in [1.54, 1.807) is 6.92 Å². The van der Waals surface area contributed by atoms with Crippen molar-refractivity contribution in [2.45, 2.75) is 51.0 Å². The highest BCUT2D eigenvalue weighted by Crippen LogP contribution is 2.28. The van der Waals surface area contributed by atoms with Crippen molar-refractivity contribution in [1.29, 1.82) is 0 Å². The summed E-state index contributed by atoms with van der Waals surface area (Å²) in [5.74, 6) is -1.02. The third-order valence-electron chi connectivity index (χ3n) is 2.98. The van der Waals surface area contributed by atoms with E-state index in [2.05, 4.69) is 10.0 Å². The number of hydrogen-bond donors (Lipinski definition) is 0. The molecule has 1 saturated carbocycles. The molecule has 0 amide bonds. The van der Waals surface area contributed by atoms with Crippen LogP contribution in [0.4, 0.5) is 0 Å². The van der Waals surface area contributed by atoms with E-state index in [9.17, 15) is 9.59 Å². The van der Waals surface area contributed by atoms with Gasteiger partial charge in [-0.3, -0.25) is 9.59 Å². The van der Waals surface area contributed by atoms with Crippen LogP contribution in [0.3, 0.4) is 0 Å². The lowest BCUT2D eigenvalue weighted by molar-refractivity contribution is -0.154. The number of esters is 1. The minimum atomic E-state index is -1.62. The van der Waals surface area contributed by atoms with Gasteiger partial charge in [-0.2, -0.15) is 0 Å². The Balaban J connectivity index is 3.03. The number of carbonyl (C=O) groups is 2. The molecule has 0 radical (unpaired) electrons. The van der Waals surface area contributed by atoms with E-state index in [1.165, 1.54) is 0 Å². The van der Waals surface area contributed by atoms with E-state index in [4.69, 9.17) is 10.3 Å². The van der Waals surface area contributed by atoms with Gasteiger partial charge in [0.15, 0.2) is 5.78 Å². The molecule has 0 spiro atoms. The summed E-state index contributed by atoms with van der Waals surface area (Å²) >= 11 is 0. The second kappa shape index (κ2) is 6.25. The first-order valence-electron chi connectivity index (χ1n) is 5.94. The number of ketones is 1. The lowest BCUT2D eigenvalue weighted by atomic mass is 9.83. The minimum absolute atomic E-state index is 0.175. The molecule has 0 aromatic rings. The van der Waals surface area contributed by atoms with Gasteiger partial charge < -0.3 is 4.74 Å². The van der Waals surface area contributed by atoms with Gasteiger partial charge in [0.1, 0.15) is 0 Å². The van der Waals surface area contributed by atoms with Gasteiger partial charge in [0, 0.05) is 11.3 Å². The van der Waals surface area contributed by atoms with Crippen LogP contribution in [0, 0.1) is 0 Å². The first-order valence-corrected chi connectivity index (χ1v) is 5.94. The average molecular weight is 239 g/mol. The van der Waals surface area contributed by atoms with E-state index in [-0.39, 0.29) is 25.2 Å². The monoisotopic (exact) mass is 239 g/mol. The molecule has 0 bridgehead atoms. The molecule has 1 atom stereocenters. The number of Topliss-reactive ketones (excluding diaryl/α,β-unsaturated/α-hetero) is 1. The summed E-state index contributed by atoms with van der Waals surface area (Å²) in [6.07, 6.45) is 3.88. The standard InChI is InChI=1S/C11H17N3O3/c1-2-17-10(16)11(13-14-12)8-6-4-3-5-7-9(11)15/h2-8H2,1H3. The highest BCUT2D eigenvalue weighted by molar-refractivity contribution is 6.08. The molecule has 0 heterocycles. The molecule has 6 heteroatoms. The third kappa shape index (κ3) is 2.97. The maximum Gasteiger partial charge on any atom is 0.325 e. The molecule has 1 rings (SSSR count). The fourth-order valence-electron chi connectivity index (χ4n) is 2.06. The van der Waals surface area contributed by atoms with Crippen molar-refractivity contribution in [3.8, 4) is 0 Å². The lowest BCUT2D eigenvalue weighted by Gasteiger charge is -2.26. The van der Waals surface area contributed by atoms with Gasteiger partial charge in [-0.15, -0.1) is 0 Å². The van der Waals surface area contributed by atoms with Gasteiger partial charge in [-0.05, 0) is 25.3 Å². The Hall–Kier alpha value is -1.55. The van der Waals surface area contributed by atoms with E-state index in [0.717, 1.165) is 19.3 Å². The van der Waals surface area contributed by atoms with Crippen molar-refractivity contribution in [3.05, 3.63) is 10.4 Å². The zero-order chi connectivity index (χ0) is 12.7. The maximum atomic E-state index is 12.0. The Morgan fingerprint density at radius 2 is 2.18 bits per heavy atom. The maximum absolute atomic E-state index is 12.0. The van der Waals surface area contributed by atoms with E-state index < -0.39 is 11.5 Å². The molecule has 0 N–H and O–H groups in total. The Morgan fingerprint density at radius 3 is 2.82 bits per heavy atom. The fourth-order valence-corrected chi connectivity index (χ4v) is 2.06. The van der Waals surface area contributed by atoms with Crippen LogP contribution in [0.2, 0.25) is 0 Å². The molecule has 0 aromatic heterocycles. The molecule has 1 aliphatic rings. The molecule has 0 saturated heterocycles. The van der Waals surface area contributed by atoms with Crippen molar-refractivity contribution in [3.63, 3.8) is 0 Å². The first kappa shape index (κ1) is 13.5.